The minimum absolute atomic E-state index is 0. The van der Waals surface area contributed by atoms with Gasteiger partial charge in [-0.15, -0.1) is 0 Å². The van der Waals surface area contributed by atoms with Gasteiger partial charge in [0.2, 0.25) is 0 Å². The minimum Gasteiger partial charge on any atom is -0.550 e. The van der Waals surface area contributed by atoms with E-state index in [1.165, 1.54) is 0 Å². The van der Waals surface area contributed by atoms with E-state index in [2.05, 4.69) is 0 Å². The normalized spacial score (nSPS) is 4.43. The summed E-state index contributed by atoms with van der Waals surface area (Å²) >= 11 is 0. The molecule has 0 aliphatic rings. The van der Waals surface area contributed by atoms with Gasteiger partial charge in [0.05, 0.1) is 0 Å². The molecule has 0 fully saturated rings. The molecule has 0 radical (unpaired) electrons. The summed E-state index contributed by atoms with van der Waals surface area (Å²) in [6, 6.07) is 0. The predicted octanol–water partition coefficient (Wildman–Crippen LogP) is -3.21. The molecule has 0 rings (SSSR count). The summed E-state index contributed by atoms with van der Waals surface area (Å²) in [6.45, 7) is 4.97. The predicted molar refractivity (Wildman–Crippen MR) is 22.0 cm³/mol. The van der Waals surface area contributed by atoms with Gasteiger partial charge in [0.1, 0.15) is 0 Å². The number of carboxylic acid groups (broad SMARTS) is 1. The minimum atomic E-state index is -1.08. The second-order valence-corrected chi connectivity index (χ2v) is 0.492. The largest absolute Gasteiger partial charge is 1.00 e. The first-order valence-corrected chi connectivity index (χ1v) is 1.91. The molecular weight excluding hydrogens is 166 g/mol. The average Bonchev–Trinajstić information content (AvgIpc) is 1.41. The summed E-state index contributed by atoms with van der Waals surface area (Å²) in [7, 11) is 0. The first-order valence-electron chi connectivity index (χ1n) is 1.91. The van der Waals surface area contributed by atoms with Crippen molar-refractivity contribution in [2.75, 3.05) is 0 Å². The molecule has 0 spiro atoms. The standard InChI is InChI=1S/C2H4O2.C2H6.Rb/c1-2(3)4;1-2;/h1H3,(H,3,4);1-2H3;/q;;+1/p-1. The molecule has 7 heavy (non-hydrogen) atoms. The molecule has 0 bridgehead atoms. The molecule has 0 amide bonds. The van der Waals surface area contributed by atoms with E-state index in [0.717, 1.165) is 6.92 Å². The van der Waals surface area contributed by atoms with Crippen LogP contribution in [0.25, 0.3) is 0 Å². The SMILES string of the molecule is CC.CC(=O)[O-].[Rb+]. The molecule has 2 nitrogen and oxygen atoms in total. The van der Waals surface area contributed by atoms with Crippen LogP contribution in [-0.4, -0.2) is 5.97 Å². The molecule has 0 heterocycles. The van der Waals surface area contributed by atoms with Crippen molar-refractivity contribution in [1.29, 1.82) is 0 Å². The summed E-state index contributed by atoms with van der Waals surface area (Å²) in [5.74, 6) is -1.08. The van der Waals surface area contributed by atoms with Crippen molar-refractivity contribution in [2.24, 2.45) is 0 Å². The topological polar surface area (TPSA) is 40.1 Å². The molecule has 0 saturated heterocycles. The zero-order chi connectivity index (χ0) is 5.58. The van der Waals surface area contributed by atoms with Gasteiger partial charge in [-0.05, 0) is 6.92 Å². The van der Waals surface area contributed by atoms with Gasteiger partial charge in [0.25, 0.3) is 0 Å². The molecule has 0 aromatic carbocycles. The van der Waals surface area contributed by atoms with Crippen LogP contribution in [0.3, 0.4) is 0 Å². The van der Waals surface area contributed by atoms with Gasteiger partial charge >= 0.3 is 58.2 Å². The van der Waals surface area contributed by atoms with Crippen molar-refractivity contribution >= 4 is 5.97 Å². The number of carboxylic acids is 1. The van der Waals surface area contributed by atoms with Crippen molar-refractivity contribution in [3.05, 3.63) is 0 Å². The fourth-order valence-corrected chi connectivity index (χ4v) is 0. The summed E-state index contributed by atoms with van der Waals surface area (Å²) in [6.07, 6.45) is 0. The molecule has 3 heteroatoms. The summed E-state index contributed by atoms with van der Waals surface area (Å²) in [5, 5.41) is 8.89. The Balaban J connectivity index is -0.0000000480. The average molecular weight is 175 g/mol. The van der Waals surface area contributed by atoms with Crippen molar-refractivity contribution in [2.45, 2.75) is 20.8 Å². The molecule has 0 aromatic rings. The van der Waals surface area contributed by atoms with E-state index in [4.69, 9.17) is 9.90 Å². The fraction of sp³-hybridized carbons (Fsp3) is 0.750. The number of aliphatic carboxylic acids is 1. The van der Waals surface area contributed by atoms with Gasteiger partial charge in [-0.25, -0.2) is 0 Å². The Labute approximate surface area is 93.1 Å². The smallest absolute Gasteiger partial charge is 0.550 e. The Morgan fingerprint density at radius 2 is 1.43 bits per heavy atom. The fourth-order valence-electron chi connectivity index (χ4n) is 0. The van der Waals surface area contributed by atoms with E-state index < -0.39 is 5.97 Å². The van der Waals surface area contributed by atoms with E-state index in [1.54, 1.807) is 0 Å². The maximum atomic E-state index is 8.89. The maximum absolute atomic E-state index is 8.89. The van der Waals surface area contributed by atoms with Crippen LogP contribution in [0.5, 0.6) is 0 Å². The molecular formula is C4H9O2Rb. The number of hydrogen-bond donors (Lipinski definition) is 0. The van der Waals surface area contributed by atoms with E-state index >= 15 is 0 Å². The van der Waals surface area contributed by atoms with Crippen LogP contribution < -0.4 is 63.3 Å². The Hall–Kier alpha value is 1.28. The van der Waals surface area contributed by atoms with Crippen LogP contribution in [0.1, 0.15) is 20.8 Å². The van der Waals surface area contributed by atoms with E-state index in [0.29, 0.717) is 0 Å². The van der Waals surface area contributed by atoms with E-state index in [1.807, 2.05) is 13.8 Å². The number of rotatable bonds is 0. The number of carbonyl (C=O) groups excluding carboxylic acids is 1. The second-order valence-electron chi connectivity index (χ2n) is 0.492. The Kier molecular flexibility index (Phi) is 35.2. The zero-order valence-electron chi connectivity index (χ0n) is 5.32. The van der Waals surface area contributed by atoms with Crippen molar-refractivity contribution in [1.82, 2.24) is 0 Å². The molecule has 38 valence electrons. The van der Waals surface area contributed by atoms with Crippen molar-refractivity contribution < 1.29 is 68.1 Å². The van der Waals surface area contributed by atoms with Gasteiger partial charge in [0.15, 0.2) is 0 Å². The van der Waals surface area contributed by atoms with Crippen molar-refractivity contribution in [3.63, 3.8) is 0 Å². The molecule has 0 N–H and O–H groups in total. The van der Waals surface area contributed by atoms with Gasteiger partial charge in [0, 0.05) is 5.97 Å². The summed E-state index contributed by atoms with van der Waals surface area (Å²) in [4.78, 5) is 8.89. The molecule has 0 unspecified atom stereocenters. The molecule has 0 aliphatic heterocycles. The summed E-state index contributed by atoms with van der Waals surface area (Å²) < 4.78 is 0. The molecule has 0 saturated carbocycles. The van der Waals surface area contributed by atoms with Gasteiger partial charge < -0.3 is 9.90 Å². The Bertz CT molecular complexity index is 32.7. The van der Waals surface area contributed by atoms with Crippen LogP contribution in [0.4, 0.5) is 0 Å². The van der Waals surface area contributed by atoms with Crippen molar-refractivity contribution in [3.8, 4) is 0 Å². The molecule has 0 atom stereocenters. The van der Waals surface area contributed by atoms with Gasteiger partial charge in [-0.1, -0.05) is 13.8 Å². The van der Waals surface area contributed by atoms with E-state index in [9.17, 15) is 0 Å². The third kappa shape index (κ3) is 124. The van der Waals surface area contributed by atoms with E-state index in [-0.39, 0.29) is 58.2 Å². The number of carbonyl (C=O) groups is 1. The molecule has 0 aliphatic carbocycles. The molecule has 0 aromatic heterocycles. The third-order valence-corrected chi connectivity index (χ3v) is 0. The summed E-state index contributed by atoms with van der Waals surface area (Å²) in [5.41, 5.74) is 0. The first kappa shape index (κ1) is 15.7. The number of hydrogen-bond acceptors (Lipinski definition) is 2. The van der Waals surface area contributed by atoms with Crippen LogP contribution >= 0.6 is 0 Å². The Morgan fingerprint density at radius 1 is 1.43 bits per heavy atom. The van der Waals surface area contributed by atoms with Crippen LogP contribution in [0, 0.1) is 0 Å². The van der Waals surface area contributed by atoms with Gasteiger partial charge in [-0.2, -0.15) is 0 Å². The second kappa shape index (κ2) is 15.7. The Morgan fingerprint density at radius 3 is 1.43 bits per heavy atom. The third-order valence-electron chi connectivity index (χ3n) is 0. The first-order chi connectivity index (χ1) is 2.73. The maximum Gasteiger partial charge on any atom is 1.00 e. The quantitative estimate of drug-likeness (QED) is 0.388. The van der Waals surface area contributed by atoms with Crippen LogP contribution in [0.15, 0.2) is 0 Å². The van der Waals surface area contributed by atoms with Crippen LogP contribution in [0.2, 0.25) is 0 Å². The van der Waals surface area contributed by atoms with Gasteiger partial charge in [-0.3, -0.25) is 0 Å². The zero-order valence-corrected chi connectivity index (χ0v) is 10.2. The van der Waals surface area contributed by atoms with Crippen LogP contribution in [-0.2, 0) is 4.79 Å². The monoisotopic (exact) mass is 174 g/mol.